The molecular formula is C18H20N6. The Kier molecular flexibility index (Phi) is 4.37. The van der Waals surface area contributed by atoms with Crippen molar-refractivity contribution in [2.75, 3.05) is 24.7 Å². The average Bonchev–Trinajstić information content (AvgIpc) is 2.62. The summed E-state index contributed by atoms with van der Waals surface area (Å²) in [5, 5.41) is 0. The Morgan fingerprint density at radius 3 is 2.25 bits per heavy atom. The smallest absolute Gasteiger partial charge is 0.127 e. The van der Waals surface area contributed by atoms with Crippen LogP contribution in [-0.2, 0) is 6.42 Å². The minimum absolute atomic E-state index is 0.493. The van der Waals surface area contributed by atoms with Crippen LogP contribution in [0.2, 0.25) is 0 Å². The first kappa shape index (κ1) is 15.9. The van der Waals surface area contributed by atoms with Crippen LogP contribution in [0.25, 0.3) is 22.4 Å². The number of pyridine rings is 2. The molecule has 3 rings (SSSR count). The predicted octanol–water partition coefficient (Wildman–Crippen LogP) is 2.81. The topological polar surface area (TPSA) is 80.8 Å². The van der Waals surface area contributed by atoms with Gasteiger partial charge in [0.05, 0.1) is 11.4 Å². The molecule has 0 aliphatic heterocycles. The lowest BCUT2D eigenvalue weighted by Gasteiger charge is -2.14. The summed E-state index contributed by atoms with van der Waals surface area (Å²) in [6, 6.07) is 7.75. The number of nitrogens with zero attached hydrogens (tertiary/aromatic N) is 5. The second-order valence-corrected chi connectivity index (χ2v) is 5.67. The van der Waals surface area contributed by atoms with Gasteiger partial charge in [0.2, 0.25) is 0 Å². The van der Waals surface area contributed by atoms with Crippen LogP contribution < -0.4 is 10.6 Å². The van der Waals surface area contributed by atoms with Gasteiger partial charge >= 0.3 is 0 Å². The van der Waals surface area contributed by atoms with Gasteiger partial charge in [0.25, 0.3) is 0 Å². The molecule has 0 radical (unpaired) electrons. The summed E-state index contributed by atoms with van der Waals surface area (Å²) in [7, 11) is 3.93. The van der Waals surface area contributed by atoms with Crippen molar-refractivity contribution < 1.29 is 0 Å². The second-order valence-electron chi connectivity index (χ2n) is 5.67. The lowest BCUT2D eigenvalue weighted by atomic mass is 9.98. The number of nitrogen functional groups attached to an aromatic ring is 1. The molecular weight excluding hydrogens is 300 g/mol. The molecule has 0 amide bonds. The summed E-state index contributed by atoms with van der Waals surface area (Å²) in [4.78, 5) is 19.6. The molecule has 0 saturated carbocycles. The van der Waals surface area contributed by atoms with Gasteiger partial charge in [0.15, 0.2) is 0 Å². The minimum Gasteiger partial charge on any atom is -0.384 e. The van der Waals surface area contributed by atoms with Crippen LogP contribution in [0.5, 0.6) is 0 Å². The van der Waals surface area contributed by atoms with E-state index in [1.54, 1.807) is 18.6 Å². The predicted molar refractivity (Wildman–Crippen MR) is 96.6 cm³/mol. The maximum absolute atomic E-state index is 5.71. The third kappa shape index (κ3) is 3.03. The molecule has 0 aromatic carbocycles. The van der Waals surface area contributed by atoms with E-state index in [1.807, 2.05) is 43.4 Å². The first-order valence-electron chi connectivity index (χ1n) is 7.79. The lowest BCUT2D eigenvalue weighted by Crippen LogP contribution is -2.10. The summed E-state index contributed by atoms with van der Waals surface area (Å²) >= 11 is 0. The SMILES string of the molecule is CCc1ncnc(-c2ccc(N(C)C)nc2)c1-c1ccc(N)nc1. The van der Waals surface area contributed by atoms with E-state index >= 15 is 0 Å². The first-order chi connectivity index (χ1) is 11.6. The van der Waals surface area contributed by atoms with Gasteiger partial charge in [0.1, 0.15) is 18.0 Å². The van der Waals surface area contributed by atoms with Crippen molar-refractivity contribution in [2.24, 2.45) is 0 Å². The molecule has 2 N–H and O–H groups in total. The van der Waals surface area contributed by atoms with Crippen LogP contribution >= 0.6 is 0 Å². The molecule has 6 nitrogen and oxygen atoms in total. The van der Waals surface area contributed by atoms with Crippen molar-refractivity contribution in [3.63, 3.8) is 0 Å². The molecule has 6 heteroatoms. The van der Waals surface area contributed by atoms with E-state index in [-0.39, 0.29) is 0 Å². The monoisotopic (exact) mass is 320 g/mol. The molecule has 3 aromatic rings. The lowest BCUT2D eigenvalue weighted by molar-refractivity contribution is 1.00. The fourth-order valence-electron chi connectivity index (χ4n) is 2.56. The molecule has 0 fully saturated rings. The summed E-state index contributed by atoms with van der Waals surface area (Å²) < 4.78 is 0. The third-order valence-electron chi connectivity index (χ3n) is 3.82. The average molecular weight is 320 g/mol. The van der Waals surface area contributed by atoms with Gasteiger partial charge in [-0.1, -0.05) is 6.92 Å². The molecule has 0 spiro atoms. The maximum Gasteiger partial charge on any atom is 0.127 e. The summed E-state index contributed by atoms with van der Waals surface area (Å²) in [5.41, 5.74) is 10.4. The molecule has 0 unspecified atom stereocenters. The molecule has 24 heavy (non-hydrogen) atoms. The fourth-order valence-corrected chi connectivity index (χ4v) is 2.56. The Balaban J connectivity index is 2.15. The van der Waals surface area contributed by atoms with E-state index in [0.717, 1.165) is 40.3 Å². The Labute approximate surface area is 141 Å². The summed E-state index contributed by atoms with van der Waals surface area (Å²) in [6.07, 6.45) is 6.00. The van der Waals surface area contributed by atoms with Crippen molar-refractivity contribution in [1.82, 2.24) is 19.9 Å². The quantitative estimate of drug-likeness (QED) is 0.796. The maximum atomic E-state index is 5.71. The van der Waals surface area contributed by atoms with Crippen LogP contribution in [0.3, 0.4) is 0 Å². The second kappa shape index (κ2) is 6.62. The van der Waals surface area contributed by atoms with Crippen LogP contribution in [0.4, 0.5) is 11.6 Å². The zero-order valence-corrected chi connectivity index (χ0v) is 14.1. The zero-order chi connectivity index (χ0) is 17.1. The number of nitrogens with two attached hydrogens (primary N) is 1. The number of hydrogen-bond acceptors (Lipinski definition) is 6. The summed E-state index contributed by atoms with van der Waals surface area (Å²) in [6.45, 7) is 2.08. The van der Waals surface area contributed by atoms with Crippen LogP contribution in [-0.4, -0.2) is 34.0 Å². The number of aromatic nitrogens is 4. The number of anilines is 2. The summed E-state index contributed by atoms with van der Waals surface area (Å²) in [5.74, 6) is 1.39. The Hall–Kier alpha value is -3.02. The Morgan fingerprint density at radius 1 is 0.917 bits per heavy atom. The van der Waals surface area contributed by atoms with E-state index in [9.17, 15) is 0 Å². The van der Waals surface area contributed by atoms with Gasteiger partial charge in [0, 0.05) is 43.2 Å². The number of aryl methyl sites for hydroxylation is 1. The Morgan fingerprint density at radius 2 is 1.67 bits per heavy atom. The van der Waals surface area contributed by atoms with Crippen LogP contribution in [0.15, 0.2) is 43.0 Å². The molecule has 0 aliphatic carbocycles. The van der Waals surface area contributed by atoms with Crippen LogP contribution in [0, 0.1) is 0 Å². The van der Waals surface area contributed by atoms with Crippen molar-refractivity contribution >= 4 is 11.6 Å². The molecule has 0 atom stereocenters. The highest BCUT2D eigenvalue weighted by atomic mass is 15.1. The Bertz CT molecular complexity index is 825. The third-order valence-corrected chi connectivity index (χ3v) is 3.82. The van der Waals surface area contributed by atoms with Gasteiger partial charge in [-0.2, -0.15) is 0 Å². The molecule has 0 saturated heterocycles. The molecule has 0 bridgehead atoms. The molecule has 3 heterocycles. The van der Waals surface area contributed by atoms with Crippen molar-refractivity contribution in [1.29, 1.82) is 0 Å². The highest BCUT2D eigenvalue weighted by Crippen LogP contribution is 2.32. The van der Waals surface area contributed by atoms with Crippen LogP contribution in [0.1, 0.15) is 12.6 Å². The van der Waals surface area contributed by atoms with E-state index in [4.69, 9.17) is 5.73 Å². The highest BCUT2D eigenvalue weighted by Gasteiger charge is 2.15. The molecule has 0 aliphatic rings. The van der Waals surface area contributed by atoms with Gasteiger partial charge in [-0.3, -0.25) is 0 Å². The highest BCUT2D eigenvalue weighted by molar-refractivity contribution is 5.82. The first-order valence-corrected chi connectivity index (χ1v) is 7.79. The van der Waals surface area contributed by atoms with E-state index in [0.29, 0.717) is 5.82 Å². The number of hydrogen-bond donors (Lipinski definition) is 1. The standard InChI is InChI=1S/C18H20N6/c1-4-14-17(12-5-7-15(19)20-9-12)18(23-11-22-14)13-6-8-16(21-10-13)24(2)3/h5-11H,4H2,1-3H3,(H2,19,20). The van der Waals surface area contributed by atoms with Gasteiger partial charge in [-0.05, 0) is 30.7 Å². The van der Waals surface area contributed by atoms with Crippen molar-refractivity contribution in [3.05, 3.63) is 48.7 Å². The van der Waals surface area contributed by atoms with Gasteiger partial charge in [-0.25, -0.2) is 19.9 Å². The van der Waals surface area contributed by atoms with E-state index in [2.05, 4.69) is 26.9 Å². The minimum atomic E-state index is 0.493. The van der Waals surface area contributed by atoms with Gasteiger partial charge in [-0.15, -0.1) is 0 Å². The van der Waals surface area contributed by atoms with Gasteiger partial charge < -0.3 is 10.6 Å². The van der Waals surface area contributed by atoms with E-state index in [1.165, 1.54) is 0 Å². The molecule has 122 valence electrons. The number of rotatable bonds is 4. The molecule has 3 aromatic heterocycles. The normalized spacial score (nSPS) is 10.6. The zero-order valence-electron chi connectivity index (χ0n) is 14.1. The van der Waals surface area contributed by atoms with E-state index < -0.39 is 0 Å². The van der Waals surface area contributed by atoms with Crippen molar-refractivity contribution in [2.45, 2.75) is 13.3 Å². The largest absolute Gasteiger partial charge is 0.384 e. The fraction of sp³-hybridized carbons (Fsp3) is 0.222. The van der Waals surface area contributed by atoms with Crippen molar-refractivity contribution in [3.8, 4) is 22.4 Å².